The highest BCUT2D eigenvalue weighted by molar-refractivity contribution is 6.39. The molecule has 62 heavy (non-hydrogen) atoms. The van der Waals surface area contributed by atoms with Crippen LogP contribution < -0.4 is 0 Å². The van der Waals surface area contributed by atoms with Gasteiger partial charge >= 0.3 is 5.97 Å². The van der Waals surface area contributed by atoms with Crippen molar-refractivity contribution in [3.8, 4) is 0 Å². The quantitative estimate of drug-likeness (QED) is 0.0866. The topological polar surface area (TPSA) is 186 Å². The van der Waals surface area contributed by atoms with Gasteiger partial charge in [0, 0.05) is 59.2 Å². The van der Waals surface area contributed by atoms with E-state index in [4.69, 9.17) is 37.9 Å². The zero-order chi connectivity index (χ0) is 45.7. The maximum Gasteiger partial charge on any atom is 0.329 e. The monoisotopic (exact) mass is 880 g/mol. The molecule has 3 heterocycles. The molecule has 2 N–H and O–H groups in total. The van der Waals surface area contributed by atoms with E-state index >= 15 is 0 Å². The van der Waals surface area contributed by atoms with E-state index in [1.807, 2.05) is 32.9 Å². The molecule has 0 aromatic heterocycles. The number of rotatable bonds is 12. The van der Waals surface area contributed by atoms with E-state index in [1.165, 1.54) is 19.1 Å². The number of ether oxygens (including phenoxy) is 8. The normalized spacial score (nSPS) is 38.7. The first-order valence-corrected chi connectivity index (χ1v) is 22.8. The SMILES string of the molecule is CC[C@@H]1/C=C(\C)C[C@@H](C)C[C@H](OC)[C@H]2O[C@@](O)(C(=O)C(=O)N3CCCC[C@H]3C(=O)O[C@H](/C(C)=C/[C@@H]3CC[C@@H](OCOCCOC)[C@H](OC)C3)[C@H](C)[C@@H](O)CC1=O)[C@H](C)C[C@@H]2OC. The lowest BCUT2D eigenvalue weighted by Crippen LogP contribution is -2.64. The molecule has 4 rings (SSSR count). The number of methoxy groups -OCH3 is 4. The van der Waals surface area contributed by atoms with E-state index in [0.717, 1.165) is 12.0 Å². The number of hydrogen-bond donors (Lipinski definition) is 2. The van der Waals surface area contributed by atoms with Crippen LogP contribution in [-0.2, 0) is 57.1 Å². The Labute approximate surface area is 369 Å². The largest absolute Gasteiger partial charge is 0.456 e. The number of nitrogens with zero attached hydrogens (tertiary/aromatic N) is 1. The summed E-state index contributed by atoms with van der Waals surface area (Å²) in [6, 6.07) is -1.14. The van der Waals surface area contributed by atoms with Gasteiger partial charge in [0.25, 0.3) is 11.7 Å². The fraction of sp³-hybridized carbons (Fsp3) is 0.830. The first-order chi connectivity index (χ1) is 29.5. The van der Waals surface area contributed by atoms with Crippen LogP contribution in [0.2, 0.25) is 0 Å². The van der Waals surface area contributed by atoms with E-state index in [2.05, 4.69) is 6.92 Å². The number of amides is 1. The summed E-state index contributed by atoms with van der Waals surface area (Å²) in [5.74, 6) is -7.49. The molecule has 354 valence electrons. The summed E-state index contributed by atoms with van der Waals surface area (Å²) in [6.45, 7) is 12.3. The summed E-state index contributed by atoms with van der Waals surface area (Å²) >= 11 is 0. The Kier molecular flexibility index (Phi) is 20.7. The molecular weight excluding hydrogens is 803 g/mol. The van der Waals surface area contributed by atoms with Gasteiger partial charge in [-0.1, -0.05) is 45.4 Å². The Morgan fingerprint density at radius 3 is 2.26 bits per heavy atom. The number of carbonyl (C=O) groups excluding carboxylic acids is 4. The molecule has 1 aliphatic carbocycles. The van der Waals surface area contributed by atoms with Crippen molar-refractivity contribution in [3.63, 3.8) is 0 Å². The van der Waals surface area contributed by atoms with E-state index in [9.17, 15) is 29.4 Å². The van der Waals surface area contributed by atoms with Gasteiger partial charge in [0.15, 0.2) is 0 Å². The summed E-state index contributed by atoms with van der Waals surface area (Å²) in [6.07, 6.45) is 4.59. The van der Waals surface area contributed by atoms with Crippen molar-refractivity contribution in [3.05, 3.63) is 23.3 Å². The van der Waals surface area contributed by atoms with Crippen LogP contribution in [0.3, 0.4) is 0 Å². The number of allylic oxidation sites excluding steroid dienone is 3. The molecular formula is C47H77NO14. The molecule has 3 fully saturated rings. The van der Waals surface area contributed by atoms with Crippen molar-refractivity contribution in [2.75, 3.05) is 55.0 Å². The van der Waals surface area contributed by atoms with Crippen molar-refractivity contribution in [1.82, 2.24) is 4.90 Å². The fourth-order valence-electron chi connectivity index (χ4n) is 9.90. The number of aliphatic hydroxyl groups is 2. The molecule has 0 unspecified atom stereocenters. The van der Waals surface area contributed by atoms with Gasteiger partial charge in [-0.05, 0) is 95.5 Å². The highest BCUT2D eigenvalue weighted by Crippen LogP contribution is 2.39. The van der Waals surface area contributed by atoms with E-state index in [-0.39, 0.29) is 62.4 Å². The molecule has 1 amide bonds. The van der Waals surface area contributed by atoms with Gasteiger partial charge in [-0.3, -0.25) is 14.4 Å². The number of carbonyl (C=O) groups is 4. The molecule has 0 radical (unpaired) electrons. The third kappa shape index (κ3) is 13.2. The minimum Gasteiger partial charge on any atom is -0.456 e. The molecule has 4 aliphatic rings. The van der Waals surface area contributed by atoms with Crippen LogP contribution in [0, 0.1) is 29.6 Å². The summed E-state index contributed by atoms with van der Waals surface area (Å²) in [4.78, 5) is 58.2. The summed E-state index contributed by atoms with van der Waals surface area (Å²) in [5.41, 5.74) is 1.68. The van der Waals surface area contributed by atoms with Crippen molar-refractivity contribution >= 4 is 23.4 Å². The average molecular weight is 880 g/mol. The molecule has 0 aromatic carbocycles. The molecule has 14 atom stereocenters. The average Bonchev–Trinajstić information content (AvgIpc) is 3.26. The van der Waals surface area contributed by atoms with Gasteiger partial charge in [-0.25, -0.2) is 4.79 Å². The second-order valence-electron chi connectivity index (χ2n) is 18.3. The second-order valence-corrected chi connectivity index (χ2v) is 18.3. The van der Waals surface area contributed by atoms with Gasteiger partial charge in [-0.2, -0.15) is 0 Å². The number of fused-ring (bicyclic) bond motifs is 3. The maximum absolute atomic E-state index is 14.4. The molecule has 0 aromatic rings. The first-order valence-electron chi connectivity index (χ1n) is 22.8. The van der Waals surface area contributed by atoms with Gasteiger partial charge < -0.3 is 53.0 Å². The number of aliphatic hydroxyl groups excluding tert-OH is 1. The Hall–Kier alpha value is -2.60. The standard InChI is InChI=1S/C47H77NO14/c1-11-34-21-28(2)20-29(3)22-40(57-9)43-41(58-10)24-31(5)47(54,62-43)44(51)45(52)48-17-13-12-14-35(48)46(53)61-42(32(6)36(49)26-37(34)50)30(4)23-33-15-16-38(39(25-33)56-8)60-27-59-19-18-55-7/h21,23,29,31-36,38-43,49,54H,11-20,22,24-27H2,1-10H3/b28-21+,30-23+/t29-,31-,32-,33+,34-,35+,36+,38-,39-,40+,41+,42-,43-,47-/m1/s1. The van der Waals surface area contributed by atoms with Gasteiger partial charge in [-0.15, -0.1) is 0 Å². The Bertz CT molecular complexity index is 1540. The van der Waals surface area contributed by atoms with Gasteiger partial charge in [0.2, 0.25) is 5.79 Å². The Balaban J connectivity index is 1.70. The van der Waals surface area contributed by atoms with E-state index < -0.39 is 77.8 Å². The number of Topliss-reactive ketones (excluding diaryl/α,β-unsaturated/α-hetero) is 2. The Morgan fingerprint density at radius 2 is 1.60 bits per heavy atom. The van der Waals surface area contributed by atoms with Crippen molar-refractivity contribution in [1.29, 1.82) is 0 Å². The molecule has 1 saturated carbocycles. The summed E-state index contributed by atoms with van der Waals surface area (Å²) < 4.78 is 46.8. The van der Waals surface area contributed by atoms with Crippen LogP contribution in [0.25, 0.3) is 0 Å². The van der Waals surface area contributed by atoms with Crippen LogP contribution >= 0.6 is 0 Å². The zero-order valence-corrected chi connectivity index (χ0v) is 39.0. The third-order valence-corrected chi connectivity index (χ3v) is 13.7. The van der Waals surface area contributed by atoms with Crippen LogP contribution in [0.15, 0.2) is 23.3 Å². The lowest BCUT2D eigenvalue weighted by molar-refractivity contribution is -0.302. The van der Waals surface area contributed by atoms with Gasteiger partial charge in [0.1, 0.15) is 30.8 Å². The van der Waals surface area contributed by atoms with Crippen molar-refractivity contribution in [2.24, 2.45) is 29.6 Å². The summed E-state index contributed by atoms with van der Waals surface area (Å²) in [7, 11) is 6.32. The van der Waals surface area contributed by atoms with Crippen molar-refractivity contribution in [2.45, 2.75) is 167 Å². The first kappa shape index (κ1) is 52.0. The maximum atomic E-state index is 14.4. The zero-order valence-electron chi connectivity index (χ0n) is 39.0. The molecule has 2 bridgehead atoms. The highest BCUT2D eigenvalue weighted by atomic mass is 16.7. The summed E-state index contributed by atoms with van der Waals surface area (Å²) in [5, 5.41) is 23.9. The number of hydrogen-bond acceptors (Lipinski definition) is 14. The highest BCUT2D eigenvalue weighted by Gasteiger charge is 2.56. The minimum atomic E-state index is -2.51. The molecule has 15 heteroatoms. The van der Waals surface area contributed by atoms with Gasteiger partial charge in [0.05, 0.1) is 43.7 Å². The second kappa shape index (κ2) is 24.6. The number of ketones is 2. The fourth-order valence-corrected chi connectivity index (χ4v) is 9.90. The van der Waals surface area contributed by atoms with E-state index in [0.29, 0.717) is 63.7 Å². The molecule has 0 spiro atoms. The van der Waals surface area contributed by atoms with Crippen LogP contribution in [0.4, 0.5) is 0 Å². The smallest absolute Gasteiger partial charge is 0.329 e. The van der Waals surface area contributed by atoms with Crippen LogP contribution in [0.1, 0.15) is 112 Å². The van der Waals surface area contributed by atoms with Crippen LogP contribution in [0.5, 0.6) is 0 Å². The predicted octanol–water partition coefficient (Wildman–Crippen LogP) is 5.12. The Morgan fingerprint density at radius 1 is 0.903 bits per heavy atom. The lowest BCUT2D eigenvalue weighted by Gasteiger charge is -2.47. The third-order valence-electron chi connectivity index (χ3n) is 13.7. The van der Waals surface area contributed by atoms with Crippen LogP contribution in [-0.4, -0.2) is 148 Å². The lowest BCUT2D eigenvalue weighted by atomic mass is 9.81. The van der Waals surface area contributed by atoms with E-state index in [1.54, 1.807) is 28.1 Å². The number of piperidine rings is 1. The molecule has 2 saturated heterocycles. The van der Waals surface area contributed by atoms with Crippen molar-refractivity contribution < 1.29 is 67.3 Å². The number of esters is 1. The molecule has 15 nitrogen and oxygen atoms in total. The predicted molar refractivity (Wildman–Crippen MR) is 230 cm³/mol. The molecule has 3 aliphatic heterocycles. The number of cyclic esters (lactones) is 1. The minimum absolute atomic E-state index is 0.0202.